The number of aryl methyl sites for hydroxylation is 1. The Morgan fingerprint density at radius 2 is 2.33 bits per heavy atom. The van der Waals surface area contributed by atoms with E-state index in [1.54, 1.807) is 0 Å². The fraction of sp³-hybridized carbons (Fsp3) is 0.400. The summed E-state index contributed by atoms with van der Waals surface area (Å²) in [7, 11) is 3.88. The number of carbonyl (C=O) groups is 1. The minimum atomic E-state index is 0.00975. The molecule has 0 fully saturated rings. The van der Waals surface area contributed by atoms with Crippen molar-refractivity contribution in [3.8, 4) is 0 Å². The van der Waals surface area contributed by atoms with Crippen molar-refractivity contribution < 1.29 is 4.79 Å². The van der Waals surface area contributed by atoms with E-state index in [1.807, 2.05) is 42.0 Å². The molecule has 0 bridgehead atoms. The highest BCUT2D eigenvalue weighted by Gasteiger charge is 2.22. The normalized spacial score (nSPS) is 17.1. The Bertz CT molecular complexity index is 639. The van der Waals surface area contributed by atoms with Crippen LogP contribution in [0.3, 0.4) is 0 Å². The lowest BCUT2D eigenvalue weighted by molar-refractivity contribution is 0.0934. The van der Waals surface area contributed by atoms with E-state index in [9.17, 15) is 4.79 Å². The second kappa shape index (κ2) is 5.81. The molecule has 110 valence electrons. The summed E-state index contributed by atoms with van der Waals surface area (Å²) in [6, 6.07) is 2.02. The molecule has 6 heteroatoms. The number of anilines is 1. The maximum atomic E-state index is 12.1. The molecule has 2 aromatic rings. The fourth-order valence-electron chi connectivity index (χ4n) is 2.50. The van der Waals surface area contributed by atoms with Crippen LogP contribution < -0.4 is 10.2 Å². The molecule has 0 spiro atoms. The SMILES string of the molecule is CN(C)c1ncc2c(n1)CCC(NC(=O)c1ccsc1)C2. The van der Waals surface area contributed by atoms with Gasteiger partial charge in [0.2, 0.25) is 5.95 Å². The first-order chi connectivity index (χ1) is 10.1. The molecule has 1 amide bonds. The summed E-state index contributed by atoms with van der Waals surface area (Å²) < 4.78 is 0. The van der Waals surface area contributed by atoms with Crippen molar-refractivity contribution in [1.29, 1.82) is 0 Å². The standard InChI is InChI=1S/C15H18N4OS/c1-19(2)15-16-8-11-7-12(3-4-13(11)18-15)17-14(20)10-5-6-21-9-10/h5-6,8-9,12H,3-4,7H2,1-2H3,(H,17,20). The molecule has 0 saturated heterocycles. The van der Waals surface area contributed by atoms with Gasteiger partial charge in [-0.15, -0.1) is 0 Å². The first-order valence-corrected chi connectivity index (χ1v) is 7.93. The molecule has 1 unspecified atom stereocenters. The zero-order valence-electron chi connectivity index (χ0n) is 12.2. The average molecular weight is 302 g/mol. The Balaban J connectivity index is 1.69. The zero-order chi connectivity index (χ0) is 14.8. The minimum Gasteiger partial charge on any atom is -0.349 e. The van der Waals surface area contributed by atoms with Crippen LogP contribution in [-0.2, 0) is 12.8 Å². The fourth-order valence-corrected chi connectivity index (χ4v) is 3.13. The lowest BCUT2D eigenvalue weighted by Gasteiger charge is -2.25. The number of fused-ring (bicyclic) bond motifs is 1. The number of hydrogen-bond donors (Lipinski definition) is 1. The van der Waals surface area contributed by atoms with Crippen molar-refractivity contribution in [2.45, 2.75) is 25.3 Å². The molecule has 0 radical (unpaired) electrons. The van der Waals surface area contributed by atoms with Gasteiger partial charge in [-0.2, -0.15) is 11.3 Å². The predicted octanol–water partition coefficient (Wildman–Crippen LogP) is 1.89. The van der Waals surface area contributed by atoms with Crippen molar-refractivity contribution in [3.05, 3.63) is 39.8 Å². The molecule has 2 heterocycles. The predicted molar refractivity (Wildman–Crippen MR) is 84.0 cm³/mol. The molecule has 0 saturated carbocycles. The monoisotopic (exact) mass is 302 g/mol. The Hall–Kier alpha value is -1.95. The van der Waals surface area contributed by atoms with Gasteiger partial charge in [0.15, 0.2) is 0 Å². The second-order valence-corrected chi connectivity index (χ2v) is 6.24. The molecular formula is C15H18N4OS. The van der Waals surface area contributed by atoms with Crippen LogP contribution >= 0.6 is 11.3 Å². The van der Waals surface area contributed by atoms with E-state index in [0.29, 0.717) is 0 Å². The number of nitrogens with one attached hydrogen (secondary N) is 1. The molecule has 2 aromatic heterocycles. The number of thiophene rings is 1. The molecule has 3 rings (SSSR count). The van der Waals surface area contributed by atoms with Gasteiger partial charge in [-0.1, -0.05) is 0 Å². The zero-order valence-corrected chi connectivity index (χ0v) is 13.0. The van der Waals surface area contributed by atoms with Crippen molar-refractivity contribution >= 4 is 23.2 Å². The number of amides is 1. The van der Waals surface area contributed by atoms with Gasteiger partial charge in [0, 0.05) is 43.0 Å². The van der Waals surface area contributed by atoms with E-state index in [-0.39, 0.29) is 11.9 Å². The van der Waals surface area contributed by atoms with E-state index in [4.69, 9.17) is 0 Å². The summed E-state index contributed by atoms with van der Waals surface area (Å²) in [4.78, 5) is 22.9. The average Bonchev–Trinajstić information content (AvgIpc) is 3.01. The molecule has 5 nitrogen and oxygen atoms in total. The molecule has 0 aromatic carbocycles. The maximum Gasteiger partial charge on any atom is 0.252 e. The molecule has 1 aliphatic rings. The van der Waals surface area contributed by atoms with E-state index >= 15 is 0 Å². The van der Waals surface area contributed by atoms with E-state index < -0.39 is 0 Å². The van der Waals surface area contributed by atoms with E-state index in [2.05, 4.69) is 15.3 Å². The Morgan fingerprint density at radius 1 is 1.48 bits per heavy atom. The summed E-state index contributed by atoms with van der Waals surface area (Å²) in [6.07, 6.45) is 4.50. The van der Waals surface area contributed by atoms with Gasteiger partial charge in [0.1, 0.15) is 0 Å². The van der Waals surface area contributed by atoms with Crippen LogP contribution in [-0.4, -0.2) is 36.0 Å². The second-order valence-electron chi connectivity index (χ2n) is 5.46. The highest BCUT2D eigenvalue weighted by Crippen LogP contribution is 2.21. The molecule has 0 aliphatic heterocycles. The first-order valence-electron chi connectivity index (χ1n) is 6.98. The largest absolute Gasteiger partial charge is 0.349 e. The Labute approximate surface area is 128 Å². The number of hydrogen-bond acceptors (Lipinski definition) is 5. The van der Waals surface area contributed by atoms with Gasteiger partial charge in [-0.3, -0.25) is 4.79 Å². The highest BCUT2D eigenvalue weighted by atomic mass is 32.1. The summed E-state index contributed by atoms with van der Waals surface area (Å²) >= 11 is 1.54. The van der Waals surface area contributed by atoms with Crippen molar-refractivity contribution in [2.24, 2.45) is 0 Å². The number of carbonyl (C=O) groups excluding carboxylic acids is 1. The highest BCUT2D eigenvalue weighted by molar-refractivity contribution is 7.08. The molecule has 21 heavy (non-hydrogen) atoms. The third-order valence-corrected chi connectivity index (χ3v) is 4.34. The Morgan fingerprint density at radius 3 is 3.05 bits per heavy atom. The number of nitrogens with zero attached hydrogens (tertiary/aromatic N) is 3. The van der Waals surface area contributed by atoms with Gasteiger partial charge in [0.05, 0.1) is 0 Å². The van der Waals surface area contributed by atoms with Crippen LogP contribution in [0.4, 0.5) is 5.95 Å². The van der Waals surface area contributed by atoms with Gasteiger partial charge in [-0.05, 0) is 36.3 Å². The van der Waals surface area contributed by atoms with Crippen LogP contribution in [0.2, 0.25) is 0 Å². The molecular weight excluding hydrogens is 284 g/mol. The van der Waals surface area contributed by atoms with Crippen LogP contribution in [0.15, 0.2) is 23.0 Å². The summed E-state index contributed by atoms with van der Waals surface area (Å²) in [5, 5.41) is 6.89. The quantitative estimate of drug-likeness (QED) is 0.940. The lowest BCUT2D eigenvalue weighted by Crippen LogP contribution is -2.39. The van der Waals surface area contributed by atoms with Crippen LogP contribution in [0.25, 0.3) is 0 Å². The summed E-state index contributed by atoms with van der Waals surface area (Å²) in [5.74, 6) is 0.755. The molecule has 1 N–H and O–H groups in total. The van der Waals surface area contributed by atoms with Gasteiger partial charge >= 0.3 is 0 Å². The lowest BCUT2D eigenvalue weighted by atomic mass is 9.92. The van der Waals surface area contributed by atoms with Crippen molar-refractivity contribution in [2.75, 3.05) is 19.0 Å². The smallest absolute Gasteiger partial charge is 0.252 e. The van der Waals surface area contributed by atoms with Gasteiger partial charge < -0.3 is 10.2 Å². The Kier molecular flexibility index (Phi) is 3.88. The third kappa shape index (κ3) is 3.05. The number of aromatic nitrogens is 2. The van der Waals surface area contributed by atoms with Gasteiger partial charge in [0.25, 0.3) is 5.91 Å². The van der Waals surface area contributed by atoms with Crippen molar-refractivity contribution in [3.63, 3.8) is 0 Å². The van der Waals surface area contributed by atoms with E-state index in [0.717, 1.165) is 42.0 Å². The summed E-state index contributed by atoms with van der Waals surface area (Å²) in [5.41, 5.74) is 2.99. The van der Waals surface area contributed by atoms with Crippen molar-refractivity contribution in [1.82, 2.24) is 15.3 Å². The number of rotatable bonds is 3. The first kappa shape index (κ1) is 14.0. The maximum absolute atomic E-state index is 12.1. The van der Waals surface area contributed by atoms with Gasteiger partial charge in [-0.25, -0.2) is 9.97 Å². The minimum absolute atomic E-state index is 0.00975. The summed E-state index contributed by atoms with van der Waals surface area (Å²) in [6.45, 7) is 0. The van der Waals surface area contributed by atoms with Crippen LogP contribution in [0, 0.1) is 0 Å². The molecule has 1 aliphatic carbocycles. The van der Waals surface area contributed by atoms with Crippen LogP contribution in [0.5, 0.6) is 0 Å². The van der Waals surface area contributed by atoms with E-state index in [1.165, 1.54) is 11.3 Å². The van der Waals surface area contributed by atoms with Crippen LogP contribution in [0.1, 0.15) is 28.0 Å². The molecule has 1 atom stereocenters. The topological polar surface area (TPSA) is 58.1 Å². The third-order valence-electron chi connectivity index (χ3n) is 3.66.